The monoisotopic (exact) mass is 428 g/mol. The summed E-state index contributed by atoms with van der Waals surface area (Å²) in [4.78, 5) is 28.2. The highest BCUT2D eigenvalue weighted by molar-refractivity contribution is 7.99. The number of benzene rings is 4. The minimum atomic E-state index is -0.486. The van der Waals surface area contributed by atoms with Crippen LogP contribution in [0.2, 0.25) is 0 Å². The zero-order chi connectivity index (χ0) is 21.7. The van der Waals surface area contributed by atoms with E-state index in [1.165, 1.54) is 11.8 Å². The molecule has 0 aromatic heterocycles. The normalized spacial score (nSPS) is 12.5. The zero-order valence-corrected chi connectivity index (χ0v) is 17.2. The smallest absolute Gasteiger partial charge is 0.198 e. The molecule has 0 unspecified atom stereocenters. The van der Waals surface area contributed by atoms with E-state index in [1.807, 2.05) is 24.3 Å². The first-order valence-electron chi connectivity index (χ1n) is 9.51. The lowest BCUT2D eigenvalue weighted by molar-refractivity contribution is 0.0974. The van der Waals surface area contributed by atoms with Gasteiger partial charge in [-0.15, -0.1) is 0 Å². The van der Waals surface area contributed by atoms with Crippen molar-refractivity contribution in [3.63, 3.8) is 0 Å². The Morgan fingerprint density at radius 3 is 1.84 bits per heavy atom. The molecule has 0 spiro atoms. The number of aromatic hydroxyl groups is 2. The highest BCUT2D eigenvalue weighted by atomic mass is 32.2. The Morgan fingerprint density at radius 1 is 0.710 bits per heavy atom. The Hall–Kier alpha value is -3.77. The van der Waals surface area contributed by atoms with Gasteiger partial charge in [0.05, 0.1) is 18.2 Å². The van der Waals surface area contributed by atoms with Gasteiger partial charge in [-0.2, -0.15) is 0 Å². The molecule has 31 heavy (non-hydrogen) atoms. The topological polar surface area (TPSA) is 83.8 Å². The molecule has 0 fully saturated rings. The Bertz CT molecular complexity index is 1390. The molecule has 1 aliphatic rings. The molecule has 5 nitrogen and oxygen atoms in total. The predicted molar refractivity (Wildman–Crippen MR) is 118 cm³/mol. The summed E-state index contributed by atoms with van der Waals surface area (Å²) in [5.41, 5.74) is 0.118. The SMILES string of the molecule is COc1ccc(Sc2ccc3c(c2)C(=O)c2c(c(O)c4ccccc4c2O)C3=O)cc1. The molecule has 0 saturated heterocycles. The van der Waals surface area contributed by atoms with Crippen LogP contribution in [0.3, 0.4) is 0 Å². The summed E-state index contributed by atoms with van der Waals surface area (Å²) in [6.07, 6.45) is 0. The van der Waals surface area contributed by atoms with Crippen LogP contribution in [0.25, 0.3) is 10.8 Å². The van der Waals surface area contributed by atoms with Crippen molar-refractivity contribution < 1.29 is 24.5 Å². The number of phenolic OH excluding ortho intramolecular Hbond substituents is 2. The second kappa shape index (κ2) is 7.18. The molecule has 152 valence electrons. The Labute approximate surface area is 181 Å². The third-order valence-corrected chi connectivity index (χ3v) is 6.39. The highest BCUT2D eigenvalue weighted by Crippen LogP contribution is 2.44. The molecular formula is C25H16O5S. The molecule has 4 aromatic carbocycles. The number of fused-ring (bicyclic) bond motifs is 3. The third kappa shape index (κ3) is 2.95. The molecule has 0 heterocycles. The van der Waals surface area contributed by atoms with E-state index in [0.29, 0.717) is 10.8 Å². The zero-order valence-electron chi connectivity index (χ0n) is 16.4. The fourth-order valence-electron chi connectivity index (χ4n) is 3.87. The van der Waals surface area contributed by atoms with Crippen LogP contribution in [0.15, 0.2) is 76.5 Å². The Morgan fingerprint density at radius 2 is 1.26 bits per heavy atom. The predicted octanol–water partition coefficient (Wildman–Crippen LogP) is 5.19. The first-order chi connectivity index (χ1) is 15.0. The summed E-state index contributed by atoms with van der Waals surface area (Å²) in [5.74, 6) is -0.802. The maximum atomic E-state index is 13.3. The second-order valence-electron chi connectivity index (χ2n) is 7.14. The molecule has 0 atom stereocenters. The quantitative estimate of drug-likeness (QED) is 0.385. The van der Waals surface area contributed by atoms with Crippen LogP contribution in [-0.4, -0.2) is 28.9 Å². The number of carbonyl (C=O) groups excluding carboxylic acids is 2. The lowest BCUT2D eigenvalue weighted by atomic mass is 9.81. The van der Waals surface area contributed by atoms with E-state index in [1.54, 1.807) is 49.6 Å². The number of methoxy groups -OCH3 is 1. The number of ketones is 2. The van der Waals surface area contributed by atoms with Crippen molar-refractivity contribution in [2.24, 2.45) is 0 Å². The van der Waals surface area contributed by atoms with E-state index in [2.05, 4.69) is 0 Å². The van der Waals surface area contributed by atoms with Gasteiger partial charge in [-0.25, -0.2) is 0 Å². The van der Waals surface area contributed by atoms with Crippen molar-refractivity contribution in [1.29, 1.82) is 0 Å². The summed E-state index contributed by atoms with van der Waals surface area (Å²) in [5, 5.41) is 22.2. The summed E-state index contributed by atoms with van der Waals surface area (Å²) in [6, 6.07) is 19.1. The van der Waals surface area contributed by atoms with Crippen LogP contribution in [0, 0.1) is 0 Å². The van der Waals surface area contributed by atoms with Crippen LogP contribution in [-0.2, 0) is 0 Å². The fraction of sp³-hybridized carbons (Fsp3) is 0.0400. The first-order valence-corrected chi connectivity index (χ1v) is 10.3. The van der Waals surface area contributed by atoms with Crippen molar-refractivity contribution in [1.82, 2.24) is 0 Å². The first kappa shape index (κ1) is 19.2. The van der Waals surface area contributed by atoms with Gasteiger partial charge in [0, 0.05) is 31.7 Å². The van der Waals surface area contributed by atoms with Gasteiger partial charge in [-0.1, -0.05) is 36.0 Å². The molecule has 5 rings (SSSR count). The van der Waals surface area contributed by atoms with Gasteiger partial charge >= 0.3 is 0 Å². The number of ether oxygens (including phenoxy) is 1. The van der Waals surface area contributed by atoms with Crippen molar-refractivity contribution in [3.8, 4) is 17.2 Å². The summed E-state index contributed by atoms with van der Waals surface area (Å²) >= 11 is 1.44. The molecular weight excluding hydrogens is 412 g/mol. The minimum Gasteiger partial charge on any atom is -0.506 e. The van der Waals surface area contributed by atoms with Crippen LogP contribution in [0.5, 0.6) is 17.2 Å². The lowest BCUT2D eigenvalue weighted by Crippen LogP contribution is -2.21. The maximum Gasteiger partial charge on any atom is 0.198 e. The summed E-state index contributed by atoms with van der Waals surface area (Å²) in [6.45, 7) is 0. The van der Waals surface area contributed by atoms with Crippen LogP contribution >= 0.6 is 11.8 Å². The van der Waals surface area contributed by atoms with Gasteiger partial charge in [0.1, 0.15) is 17.2 Å². The Kier molecular flexibility index (Phi) is 4.45. The van der Waals surface area contributed by atoms with Crippen molar-refractivity contribution in [3.05, 3.63) is 89.0 Å². The minimum absolute atomic E-state index is 0.149. The molecule has 0 bridgehead atoms. The number of carbonyl (C=O) groups is 2. The molecule has 0 radical (unpaired) electrons. The molecule has 2 N–H and O–H groups in total. The van der Waals surface area contributed by atoms with E-state index >= 15 is 0 Å². The van der Waals surface area contributed by atoms with Gasteiger partial charge in [0.2, 0.25) is 0 Å². The van der Waals surface area contributed by atoms with Gasteiger partial charge in [0.15, 0.2) is 11.6 Å². The van der Waals surface area contributed by atoms with Crippen molar-refractivity contribution in [2.75, 3.05) is 7.11 Å². The average Bonchev–Trinajstić information content (AvgIpc) is 2.80. The summed E-state index contributed by atoms with van der Waals surface area (Å²) < 4.78 is 5.17. The molecule has 6 heteroatoms. The van der Waals surface area contributed by atoms with E-state index in [9.17, 15) is 19.8 Å². The van der Waals surface area contributed by atoms with Gasteiger partial charge in [-0.3, -0.25) is 9.59 Å². The molecule has 4 aromatic rings. The highest BCUT2D eigenvalue weighted by Gasteiger charge is 2.36. The largest absolute Gasteiger partial charge is 0.506 e. The Balaban J connectivity index is 1.62. The average molecular weight is 428 g/mol. The standard InChI is InChI=1S/C25H16O5S/c1-30-13-6-8-14(9-7-13)31-15-10-11-18-19(12-15)25(29)21-20(24(18)28)22(26)16-4-2-3-5-17(16)23(21)27/h2-12,26-27H,1H3. The van der Waals surface area contributed by atoms with Gasteiger partial charge < -0.3 is 14.9 Å². The van der Waals surface area contributed by atoms with Crippen molar-refractivity contribution >= 4 is 34.1 Å². The van der Waals surface area contributed by atoms with Crippen LogP contribution < -0.4 is 4.74 Å². The van der Waals surface area contributed by atoms with Crippen LogP contribution in [0.4, 0.5) is 0 Å². The van der Waals surface area contributed by atoms with E-state index in [-0.39, 0.29) is 33.8 Å². The van der Waals surface area contributed by atoms with E-state index in [0.717, 1.165) is 15.5 Å². The maximum absolute atomic E-state index is 13.3. The molecule has 0 aliphatic heterocycles. The number of hydrogen-bond acceptors (Lipinski definition) is 6. The fourth-order valence-corrected chi connectivity index (χ4v) is 4.72. The van der Waals surface area contributed by atoms with Crippen molar-refractivity contribution in [2.45, 2.75) is 9.79 Å². The lowest BCUT2D eigenvalue weighted by Gasteiger charge is -2.21. The van der Waals surface area contributed by atoms with Gasteiger partial charge in [-0.05, 0) is 42.5 Å². The van der Waals surface area contributed by atoms with Gasteiger partial charge in [0.25, 0.3) is 0 Å². The van der Waals surface area contributed by atoms with E-state index in [4.69, 9.17) is 4.74 Å². The number of hydrogen-bond donors (Lipinski definition) is 2. The molecule has 0 saturated carbocycles. The summed E-state index contributed by atoms with van der Waals surface area (Å²) in [7, 11) is 1.60. The molecule has 0 amide bonds. The number of rotatable bonds is 3. The number of phenols is 2. The third-order valence-electron chi connectivity index (χ3n) is 5.39. The van der Waals surface area contributed by atoms with Crippen LogP contribution in [0.1, 0.15) is 31.8 Å². The second-order valence-corrected chi connectivity index (χ2v) is 8.28. The van der Waals surface area contributed by atoms with E-state index < -0.39 is 11.6 Å². The molecule has 1 aliphatic carbocycles.